The molecule has 4 rings (SSSR count). The number of nitrogens with zero attached hydrogens (tertiary/aromatic N) is 1. The van der Waals surface area contributed by atoms with E-state index in [2.05, 4.69) is 0 Å². The number of likely N-dealkylation sites (tertiary alicyclic amines) is 1. The Hall–Kier alpha value is -3.97. The van der Waals surface area contributed by atoms with Gasteiger partial charge in [0.05, 0.1) is 17.7 Å². The third kappa shape index (κ3) is 5.94. The lowest BCUT2D eigenvalue weighted by atomic mass is 9.94. The lowest BCUT2D eigenvalue weighted by Crippen LogP contribution is -2.31. The number of ether oxygens (including phenoxy) is 2. The summed E-state index contributed by atoms with van der Waals surface area (Å²) in [6, 6.07) is 19.7. The summed E-state index contributed by atoms with van der Waals surface area (Å²) in [4.78, 5) is 27.6. The van der Waals surface area contributed by atoms with E-state index in [0.29, 0.717) is 30.9 Å². The van der Waals surface area contributed by atoms with Crippen LogP contribution in [0.3, 0.4) is 0 Å². The van der Waals surface area contributed by atoms with Crippen molar-refractivity contribution < 1.29 is 28.6 Å². The number of aryl methyl sites for hydroxylation is 1. The SMILES string of the molecule is Cc1cc(/C(O)=C2\C(=O)C(=O)N(CCCOC(C)C)C2c2ccccc2F)ccc1OCc1ccccc1. The Labute approximate surface area is 222 Å². The molecule has 0 radical (unpaired) electrons. The van der Waals surface area contributed by atoms with Crippen molar-refractivity contribution in [1.29, 1.82) is 0 Å². The van der Waals surface area contributed by atoms with Gasteiger partial charge in [0.15, 0.2) is 0 Å². The third-order valence-corrected chi connectivity index (χ3v) is 6.42. The molecule has 7 heteroatoms. The molecule has 6 nitrogen and oxygen atoms in total. The van der Waals surface area contributed by atoms with E-state index in [1.807, 2.05) is 51.1 Å². The predicted molar refractivity (Wildman–Crippen MR) is 143 cm³/mol. The molecular formula is C31H32FNO5. The molecule has 0 saturated carbocycles. The summed E-state index contributed by atoms with van der Waals surface area (Å²) in [6.07, 6.45) is 0.485. The molecule has 1 aliphatic rings. The predicted octanol–water partition coefficient (Wildman–Crippen LogP) is 5.95. The fourth-order valence-electron chi connectivity index (χ4n) is 4.53. The number of carbonyl (C=O) groups excluding carboxylic acids is 2. The van der Waals surface area contributed by atoms with Gasteiger partial charge in [-0.05, 0) is 62.6 Å². The maximum absolute atomic E-state index is 14.9. The molecule has 38 heavy (non-hydrogen) atoms. The van der Waals surface area contributed by atoms with Crippen LogP contribution in [0.2, 0.25) is 0 Å². The maximum Gasteiger partial charge on any atom is 0.295 e. The summed E-state index contributed by atoms with van der Waals surface area (Å²) < 4.78 is 26.5. The highest BCUT2D eigenvalue weighted by atomic mass is 19.1. The highest BCUT2D eigenvalue weighted by Crippen LogP contribution is 2.40. The van der Waals surface area contributed by atoms with Gasteiger partial charge in [-0.1, -0.05) is 48.5 Å². The van der Waals surface area contributed by atoms with Crippen molar-refractivity contribution in [2.75, 3.05) is 13.2 Å². The zero-order chi connectivity index (χ0) is 27.2. The second-order valence-electron chi connectivity index (χ2n) is 9.54. The molecule has 1 heterocycles. The fraction of sp³-hybridized carbons (Fsp3) is 0.290. The smallest absolute Gasteiger partial charge is 0.295 e. The third-order valence-electron chi connectivity index (χ3n) is 6.42. The zero-order valence-electron chi connectivity index (χ0n) is 21.8. The quantitative estimate of drug-likeness (QED) is 0.156. The van der Waals surface area contributed by atoms with Gasteiger partial charge in [-0.3, -0.25) is 9.59 Å². The minimum Gasteiger partial charge on any atom is -0.507 e. The number of hydrogen-bond acceptors (Lipinski definition) is 5. The average Bonchev–Trinajstić information content (AvgIpc) is 3.15. The molecule has 0 aromatic heterocycles. The molecule has 1 amide bonds. The lowest BCUT2D eigenvalue weighted by Gasteiger charge is -2.25. The molecule has 1 fully saturated rings. The molecule has 1 atom stereocenters. The van der Waals surface area contributed by atoms with Crippen LogP contribution in [0.25, 0.3) is 5.76 Å². The van der Waals surface area contributed by atoms with E-state index in [1.165, 1.54) is 17.0 Å². The van der Waals surface area contributed by atoms with Gasteiger partial charge >= 0.3 is 0 Å². The number of rotatable bonds is 10. The normalized spacial score (nSPS) is 16.9. The van der Waals surface area contributed by atoms with Crippen molar-refractivity contribution in [2.45, 2.75) is 45.9 Å². The van der Waals surface area contributed by atoms with E-state index in [-0.39, 0.29) is 29.5 Å². The van der Waals surface area contributed by atoms with E-state index < -0.39 is 23.5 Å². The number of ketones is 1. The van der Waals surface area contributed by atoms with Crippen LogP contribution in [0.5, 0.6) is 5.75 Å². The first-order valence-corrected chi connectivity index (χ1v) is 12.7. The number of benzene rings is 3. The first kappa shape index (κ1) is 27.1. The summed E-state index contributed by atoms with van der Waals surface area (Å²) in [6.45, 7) is 6.59. The van der Waals surface area contributed by atoms with E-state index in [0.717, 1.165) is 11.1 Å². The van der Waals surface area contributed by atoms with Gasteiger partial charge in [-0.15, -0.1) is 0 Å². The molecule has 3 aromatic rings. The molecule has 1 unspecified atom stereocenters. The van der Waals surface area contributed by atoms with Gasteiger partial charge in [0.25, 0.3) is 11.7 Å². The van der Waals surface area contributed by atoms with E-state index in [4.69, 9.17) is 9.47 Å². The van der Waals surface area contributed by atoms with Crippen molar-refractivity contribution in [2.24, 2.45) is 0 Å². The van der Waals surface area contributed by atoms with Crippen LogP contribution in [0.15, 0.2) is 78.4 Å². The molecule has 1 aliphatic heterocycles. The number of halogens is 1. The van der Waals surface area contributed by atoms with Crippen LogP contribution in [0.1, 0.15) is 48.6 Å². The monoisotopic (exact) mass is 517 g/mol. The minimum absolute atomic E-state index is 0.0238. The Kier molecular flexibility index (Phi) is 8.59. The summed E-state index contributed by atoms with van der Waals surface area (Å²) in [5, 5.41) is 11.3. The summed E-state index contributed by atoms with van der Waals surface area (Å²) in [7, 11) is 0. The van der Waals surface area contributed by atoms with Crippen LogP contribution >= 0.6 is 0 Å². The molecule has 0 spiro atoms. The van der Waals surface area contributed by atoms with Gasteiger partial charge in [0, 0.05) is 24.3 Å². The number of aliphatic hydroxyl groups is 1. The number of aliphatic hydroxyl groups excluding tert-OH is 1. The van der Waals surface area contributed by atoms with Crippen molar-refractivity contribution in [3.05, 3.63) is 106 Å². The van der Waals surface area contributed by atoms with Crippen molar-refractivity contribution in [3.63, 3.8) is 0 Å². The summed E-state index contributed by atoms with van der Waals surface area (Å²) in [5.41, 5.74) is 2.12. The standard InChI is InChI=1S/C31H32FNO5/c1-20(2)37-17-9-16-33-28(24-12-7-8-13-25(24)32)27(30(35)31(33)36)29(34)23-14-15-26(21(3)18-23)38-19-22-10-5-4-6-11-22/h4-8,10-15,18,20,28,34H,9,16-17,19H2,1-3H3/b29-27+. The Morgan fingerprint density at radius 2 is 1.74 bits per heavy atom. The van der Waals surface area contributed by atoms with Gasteiger partial charge in [-0.2, -0.15) is 0 Å². The van der Waals surface area contributed by atoms with Gasteiger partial charge in [-0.25, -0.2) is 4.39 Å². The van der Waals surface area contributed by atoms with Gasteiger partial charge in [0.1, 0.15) is 23.9 Å². The van der Waals surface area contributed by atoms with E-state index >= 15 is 0 Å². The Morgan fingerprint density at radius 1 is 1.03 bits per heavy atom. The van der Waals surface area contributed by atoms with Gasteiger partial charge in [0.2, 0.25) is 0 Å². The number of carbonyl (C=O) groups is 2. The lowest BCUT2D eigenvalue weighted by molar-refractivity contribution is -0.140. The average molecular weight is 518 g/mol. The highest BCUT2D eigenvalue weighted by Gasteiger charge is 2.46. The zero-order valence-corrected chi connectivity index (χ0v) is 21.8. The maximum atomic E-state index is 14.9. The van der Waals surface area contributed by atoms with Crippen molar-refractivity contribution >= 4 is 17.4 Å². The number of amides is 1. The van der Waals surface area contributed by atoms with Crippen LogP contribution in [0.4, 0.5) is 4.39 Å². The number of Topliss-reactive ketones (excluding diaryl/α,β-unsaturated/α-hetero) is 1. The van der Waals surface area contributed by atoms with Crippen LogP contribution in [-0.4, -0.2) is 41.0 Å². The molecule has 0 aliphatic carbocycles. The molecule has 1 saturated heterocycles. The topological polar surface area (TPSA) is 76.1 Å². The van der Waals surface area contributed by atoms with E-state index in [1.54, 1.807) is 30.3 Å². The van der Waals surface area contributed by atoms with Crippen LogP contribution in [-0.2, 0) is 20.9 Å². The van der Waals surface area contributed by atoms with Gasteiger partial charge < -0.3 is 19.5 Å². The second kappa shape index (κ2) is 12.0. The minimum atomic E-state index is -1.05. The first-order valence-electron chi connectivity index (χ1n) is 12.7. The van der Waals surface area contributed by atoms with Crippen LogP contribution in [0, 0.1) is 12.7 Å². The molecular weight excluding hydrogens is 485 g/mol. The molecule has 1 N–H and O–H groups in total. The van der Waals surface area contributed by atoms with Crippen molar-refractivity contribution in [3.8, 4) is 5.75 Å². The molecule has 198 valence electrons. The number of hydrogen-bond donors (Lipinski definition) is 1. The first-order chi connectivity index (χ1) is 18.3. The molecule has 0 bridgehead atoms. The highest BCUT2D eigenvalue weighted by molar-refractivity contribution is 6.46. The Morgan fingerprint density at radius 3 is 2.42 bits per heavy atom. The van der Waals surface area contributed by atoms with Crippen molar-refractivity contribution in [1.82, 2.24) is 4.90 Å². The largest absolute Gasteiger partial charge is 0.507 e. The summed E-state index contributed by atoms with van der Waals surface area (Å²) >= 11 is 0. The molecule has 3 aromatic carbocycles. The Balaban J connectivity index is 1.66. The van der Waals surface area contributed by atoms with E-state index in [9.17, 15) is 19.1 Å². The second-order valence-corrected chi connectivity index (χ2v) is 9.54. The summed E-state index contributed by atoms with van der Waals surface area (Å²) in [5.74, 6) is -1.90. The Bertz CT molecular complexity index is 1340. The fourth-order valence-corrected chi connectivity index (χ4v) is 4.53. The van der Waals surface area contributed by atoms with Crippen LogP contribution < -0.4 is 4.74 Å².